The van der Waals surface area contributed by atoms with Crippen molar-refractivity contribution >= 4 is 34.1 Å². The molecule has 0 saturated carbocycles. The van der Waals surface area contributed by atoms with E-state index in [2.05, 4.69) is 0 Å². The highest BCUT2D eigenvalue weighted by Crippen LogP contribution is 2.20. The zero-order valence-electron chi connectivity index (χ0n) is 22.8. The van der Waals surface area contributed by atoms with Crippen LogP contribution in [0.25, 0.3) is 12.2 Å². The standard InChI is InChI=1S/C30H35NO7S/c1-22-6-18-28(19-7-22)39(34,35)36-21-27(20-32)37-26-16-12-24(13-17-26)9-8-23-10-14-25(15-11-23)31(5)29(33)38-30(2,3)4/h6-19,27,32H,20-21H2,1-5H3. The van der Waals surface area contributed by atoms with E-state index in [0.29, 0.717) is 5.75 Å². The van der Waals surface area contributed by atoms with Crippen LogP contribution in [0.3, 0.4) is 0 Å². The van der Waals surface area contributed by atoms with Gasteiger partial charge in [0.15, 0.2) is 0 Å². The molecule has 0 bridgehead atoms. The molecule has 0 aromatic heterocycles. The fourth-order valence-electron chi connectivity index (χ4n) is 3.35. The number of rotatable bonds is 10. The first-order valence-electron chi connectivity index (χ1n) is 12.4. The molecule has 9 heteroatoms. The van der Waals surface area contributed by atoms with E-state index in [4.69, 9.17) is 13.7 Å². The second-order valence-corrected chi connectivity index (χ2v) is 11.6. The summed E-state index contributed by atoms with van der Waals surface area (Å²) in [6.07, 6.45) is 2.59. The summed E-state index contributed by atoms with van der Waals surface area (Å²) in [4.78, 5) is 13.8. The monoisotopic (exact) mass is 553 g/mol. The Morgan fingerprint density at radius 3 is 1.97 bits per heavy atom. The molecule has 3 aromatic carbocycles. The summed E-state index contributed by atoms with van der Waals surface area (Å²) in [5, 5.41) is 9.65. The molecule has 1 N–H and O–H groups in total. The predicted molar refractivity (Wildman–Crippen MR) is 152 cm³/mol. The third kappa shape index (κ3) is 9.24. The summed E-state index contributed by atoms with van der Waals surface area (Å²) in [5.74, 6) is 0.470. The molecule has 39 heavy (non-hydrogen) atoms. The number of nitrogens with zero attached hydrogens (tertiary/aromatic N) is 1. The van der Waals surface area contributed by atoms with Gasteiger partial charge in [0.05, 0.1) is 11.5 Å². The third-order valence-electron chi connectivity index (χ3n) is 5.52. The second-order valence-electron chi connectivity index (χ2n) is 10.0. The van der Waals surface area contributed by atoms with Gasteiger partial charge in [0, 0.05) is 12.7 Å². The first-order chi connectivity index (χ1) is 18.4. The molecule has 1 atom stereocenters. The lowest BCUT2D eigenvalue weighted by Gasteiger charge is -2.24. The largest absolute Gasteiger partial charge is 0.486 e. The van der Waals surface area contributed by atoms with Crippen LogP contribution in [0.5, 0.6) is 5.75 Å². The summed E-state index contributed by atoms with van der Waals surface area (Å²) in [7, 11) is -2.29. The van der Waals surface area contributed by atoms with Crippen molar-refractivity contribution in [2.75, 3.05) is 25.2 Å². The molecule has 3 rings (SSSR count). The van der Waals surface area contributed by atoms with Gasteiger partial charge in [0.25, 0.3) is 10.1 Å². The fourth-order valence-corrected chi connectivity index (χ4v) is 4.29. The van der Waals surface area contributed by atoms with Crippen LogP contribution in [-0.4, -0.2) is 51.6 Å². The van der Waals surface area contributed by atoms with Crippen LogP contribution in [0, 0.1) is 6.92 Å². The summed E-state index contributed by atoms with van der Waals surface area (Å²) in [5.41, 5.74) is 2.95. The zero-order chi connectivity index (χ0) is 28.6. The van der Waals surface area contributed by atoms with E-state index < -0.39 is 34.5 Å². The zero-order valence-corrected chi connectivity index (χ0v) is 23.6. The quantitative estimate of drug-likeness (QED) is 0.254. The molecule has 208 valence electrons. The number of ether oxygens (including phenoxy) is 2. The van der Waals surface area contributed by atoms with Crippen molar-refractivity contribution in [1.29, 1.82) is 0 Å². The van der Waals surface area contributed by atoms with Crippen LogP contribution >= 0.6 is 0 Å². The van der Waals surface area contributed by atoms with Gasteiger partial charge in [-0.2, -0.15) is 8.42 Å². The van der Waals surface area contributed by atoms with Gasteiger partial charge in [-0.3, -0.25) is 9.08 Å². The number of aryl methyl sites for hydroxylation is 1. The number of carbonyl (C=O) groups is 1. The lowest BCUT2D eigenvalue weighted by molar-refractivity contribution is 0.0589. The highest BCUT2D eigenvalue weighted by molar-refractivity contribution is 7.86. The Bertz CT molecular complexity index is 1360. The van der Waals surface area contributed by atoms with Crippen molar-refractivity contribution < 1.29 is 32.0 Å². The number of aliphatic hydroxyl groups is 1. The molecular formula is C30H35NO7S. The van der Waals surface area contributed by atoms with E-state index in [1.807, 2.05) is 76.2 Å². The number of aliphatic hydroxyl groups excluding tert-OH is 1. The topological polar surface area (TPSA) is 102 Å². The number of hydrogen-bond donors (Lipinski definition) is 1. The average molecular weight is 554 g/mol. The van der Waals surface area contributed by atoms with E-state index >= 15 is 0 Å². The number of anilines is 1. The van der Waals surface area contributed by atoms with Gasteiger partial charge < -0.3 is 14.6 Å². The lowest BCUT2D eigenvalue weighted by atomic mass is 10.1. The van der Waals surface area contributed by atoms with Crippen LogP contribution in [0.15, 0.2) is 77.7 Å². The molecule has 0 heterocycles. The third-order valence-corrected chi connectivity index (χ3v) is 6.82. The van der Waals surface area contributed by atoms with Gasteiger partial charge in [-0.1, -0.05) is 54.1 Å². The van der Waals surface area contributed by atoms with Crippen molar-refractivity contribution in [2.45, 2.75) is 44.3 Å². The Morgan fingerprint density at radius 1 is 0.923 bits per heavy atom. The van der Waals surface area contributed by atoms with Crippen molar-refractivity contribution in [3.8, 4) is 5.75 Å². The molecule has 0 aliphatic rings. The highest BCUT2D eigenvalue weighted by atomic mass is 32.2. The summed E-state index contributed by atoms with van der Waals surface area (Å²) >= 11 is 0. The van der Waals surface area contributed by atoms with E-state index in [9.17, 15) is 18.3 Å². The van der Waals surface area contributed by atoms with E-state index in [1.54, 1.807) is 31.3 Å². The second kappa shape index (κ2) is 12.9. The van der Waals surface area contributed by atoms with Crippen molar-refractivity contribution in [1.82, 2.24) is 0 Å². The van der Waals surface area contributed by atoms with Crippen LogP contribution in [0.4, 0.5) is 10.5 Å². The van der Waals surface area contributed by atoms with Crippen molar-refractivity contribution in [2.24, 2.45) is 0 Å². The summed E-state index contributed by atoms with van der Waals surface area (Å²) < 4.78 is 41.0. The molecule has 0 fully saturated rings. The minimum absolute atomic E-state index is 0.0469. The maximum absolute atomic E-state index is 12.4. The Hall–Kier alpha value is -3.66. The first-order valence-corrected chi connectivity index (χ1v) is 13.9. The van der Waals surface area contributed by atoms with Gasteiger partial charge in [0.2, 0.25) is 0 Å². The van der Waals surface area contributed by atoms with E-state index in [-0.39, 0.29) is 11.5 Å². The minimum Gasteiger partial charge on any atom is -0.486 e. The molecule has 3 aromatic rings. The van der Waals surface area contributed by atoms with Crippen LogP contribution in [-0.2, 0) is 19.0 Å². The van der Waals surface area contributed by atoms with Crippen LogP contribution < -0.4 is 9.64 Å². The summed E-state index contributed by atoms with van der Waals surface area (Å²) in [6.45, 7) is 6.60. The lowest BCUT2D eigenvalue weighted by Crippen LogP contribution is -2.34. The molecular weight excluding hydrogens is 518 g/mol. The average Bonchev–Trinajstić information content (AvgIpc) is 2.89. The number of amides is 1. The normalized spacial score (nSPS) is 12.8. The van der Waals surface area contributed by atoms with Gasteiger partial charge in [-0.05, 0) is 75.2 Å². The maximum Gasteiger partial charge on any atom is 0.414 e. The molecule has 0 saturated heterocycles. The van der Waals surface area contributed by atoms with Crippen molar-refractivity contribution in [3.63, 3.8) is 0 Å². The highest BCUT2D eigenvalue weighted by Gasteiger charge is 2.21. The van der Waals surface area contributed by atoms with Gasteiger partial charge in [-0.15, -0.1) is 0 Å². The first kappa shape index (κ1) is 29.9. The van der Waals surface area contributed by atoms with Gasteiger partial charge in [0.1, 0.15) is 24.1 Å². The number of hydrogen-bond acceptors (Lipinski definition) is 7. The van der Waals surface area contributed by atoms with E-state index in [0.717, 1.165) is 22.4 Å². The summed E-state index contributed by atoms with van der Waals surface area (Å²) in [6, 6.07) is 21.0. The molecule has 0 aliphatic heterocycles. The van der Waals surface area contributed by atoms with Crippen molar-refractivity contribution in [3.05, 3.63) is 89.5 Å². The molecule has 1 unspecified atom stereocenters. The van der Waals surface area contributed by atoms with Crippen LogP contribution in [0.1, 0.15) is 37.5 Å². The smallest absolute Gasteiger partial charge is 0.414 e. The Balaban J connectivity index is 1.55. The molecule has 8 nitrogen and oxygen atoms in total. The number of carbonyl (C=O) groups excluding carboxylic acids is 1. The van der Waals surface area contributed by atoms with E-state index in [1.165, 1.54) is 17.0 Å². The van der Waals surface area contributed by atoms with Gasteiger partial charge >= 0.3 is 6.09 Å². The SMILES string of the molecule is Cc1ccc(S(=O)(=O)OCC(CO)Oc2ccc(C=Cc3ccc(N(C)C(=O)OC(C)(C)C)cc3)cc2)cc1. The molecule has 0 aliphatic carbocycles. The molecule has 0 spiro atoms. The maximum atomic E-state index is 12.4. The Kier molecular flexibility index (Phi) is 9.91. The van der Waals surface area contributed by atoms with Crippen LogP contribution in [0.2, 0.25) is 0 Å². The molecule has 1 amide bonds. The van der Waals surface area contributed by atoms with Gasteiger partial charge in [-0.25, -0.2) is 4.79 Å². The fraction of sp³-hybridized carbons (Fsp3) is 0.300. The molecule has 0 radical (unpaired) electrons. The Morgan fingerprint density at radius 2 is 1.46 bits per heavy atom. The minimum atomic E-state index is -3.96. The predicted octanol–water partition coefficient (Wildman–Crippen LogP) is 5.68. The Labute approximate surface area is 230 Å². The number of benzene rings is 3.